The quantitative estimate of drug-likeness (QED) is 0.916. The molecule has 2 N–H and O–H groups in total. The monoisotopic (exact) mass is 259 g/mol. The first kappa shape index (κ1) is 11.9. The first-order chi connectivity index (χ1) is 8.84. The lowest BCUT2D eigenvalue weighted by molar-refractivity contribution is 0.0320. The van der Waals surface area contributed by atoms with E-state index in [-0.39, 0.29) is 12.1 Å². The number of thiophene rings is 1. The van der Waals surface area contributed by atoms with Gasteiger partial charge in [0.1, 0.15) is 0 Å². The van der Waals surface area contributed by atoms with E-state index in [0.29, 0.717) is 0 Å². The van der Waals surface area contributed by atoms with Crippen molar-refractivity contribution in [3.63, 3.8) is 0 Å². The van der Waals surface area contributed by atoms with Crippen LogP contribution in [0.25, 0.3) is 0 Å². The van der Waals surface area contributed by atoms with E-state index in [1.165, 1.54) is 16.7 Å². The Bertz CT molecular complexity index is 509. The van der Waals surface area contributed by atoms with Gasteiger partial charge in [-0.25, -0.2) is 0 Å². The average molecular weight is 259 g/mol. The van der Waals surface area contributed by atoms with Crippen LogP contribution >= 0.6 is 11.3 Å². The molecule has 0 amide bonds. The van der Waals surface area contributed by atoms with Crippen molar-refractivity contribution < 1.29 is 4.74 Å². The molecule has 94 valence electrons. The summed E-state index contributed by atoms with van der Waals surface area (Å²) >= 11 is 1.69. The molecule has 1 aliphatic heterocycles. The lowest BCUT2D eigenvalue weighted by atomic mass is 9.92. The maximum absolute atomic E-state index is 6.25. The van der Waals surface area contributed by atoms with Crippen molar-refractivity contribution in [1.82, 2.24) is 0 Å². The van der Waals surface area contributed by atoms with Crippen LogP contribution in [0, 0.1) is 0 Å². The zero-order valence-electron chi connectivity index (χ0n) is 10.2. The first-order valence-electron chi connectivity index (χ1n) is 6.31. The van der Waals surface area contributed by atoms with Crippen LogP contribution < -0.4 is 5.73 Å². The highest BCUT2D eigenvalue weighted by Gasteiger charge is 2.23. The van der Waals surface area contributed by atoms with Crippen LogP contribution in [-0.4, -0.2) is 6.61 Å². The Morgan fingerprint density at radius 1 is 1.33 bits per heavy atom. The third-order valence-corrected chi connectivity index (χ3v) is 4.23. The molecule has 0 radical (unpaired) electrons. The van der Waals surface area contributed by atoms with Crippen molar-refractivity contribution in [2.24, 2.45) is 5.73 Å². The highest BCUT2D eigenvalue weighted by molar-refractivity contribution is 7.07. The predicted molar refractivity (Wildman–Crippen MR) is 74.7 cm³/mol. The molecule has 1 aromatic carbocycles. The number of benzene rings is 1. The van der Waals surface area contributed by atoms with Crippen LogP contribution in [0.5, 0.6) is 0 Å². The largest absolute Gasteiger partial charge is 0.373 e. The fourth-order valence-electron chi connectivity index (χ4n) is 2.52. The van der Waals surface area contributed by atoms with E-state index in [4.69, 9.17) is 10.5 Å². The summed E-state index contributed by atoms with van der Waals surface area (Å²) in [6, 6.07) is 10.7. The predicted octanol–water partition coefficient (Wildman–Crippen LogP) is 3.45. The summed E-state index contributed by atoms with van der Waals surface area (Å²) in [5.74, 6) is 0. The Morgan fingerprint density at radius 3 is 3.06 bits per heavy atom. The molecule has 2 nitrogen and oxygen atoms in total. The van der Waals surface area contributed by atoms with Crippen molar-refractivity contribution in [3.8, 4) is 0 Å². The van der Waals surface area contributed by atoms with E-state index in [1.807, 2.05) is 0 Å². The van der Waals surface area contributed by atoms with Gasteiger partial charge in [-0.1, -0.05) is 24.3 Å². The van der Waals surface area contributed by atoms with Crippen LogP contribution in [0.4, 0.5) is 0 Å². The summed E-state index contributed by atoms with van der Waals surface area (Å²) < 4.78 is 5.90. The van der Waals surface area contributed by atoms with Crippen LogP contribution in [0.1, 0.15) is 35.3 Å². The molecule has 2 atom stereocenters. The van der Waals surface area contributed by atoms with Gasteiger partial charge >= 0.3 is 0 Å². The van der Waals surface area contributed by atoms with Gasteiger partial charge in [-0.3, -0.25) is 0 Å². The van der Waals surface area contributed by atoms with Gasteiger partial charge in [0.25, 0.3) is 0 Å². The molecule has 1 aromatic heterocycles. The molecule has 0 fully saturated rings. The number of fused-ring (bicyclic) bond motifs is 1. The second kappa shape index (κ2) is 5.22. The molecule has 1 aliphatic rings. The molecule has 0 saturated carbocycles. The third-order valence-electron chi connectivity index (χ3n) is 3.53. The lowest BCUT2D eigenvalue weighted by Crippen LogP contribution is -2.21. The lowest BCUT2D eigenvalue weighted by Gasteiger charge is -2.28. The number of ether oxygens (including phenoxy) is 1. The maximum atomic E-state index is 6.25. The summed E-state index contributed by atoms with van der Waals surface area (Å²) in [5, 5.41) is 4.20. The second-order valence-electron chi connectivity index (χ2n) is 4.71. The standard InChI is InChI=1S/C15H17NOS/c16-14(12-6-8-18-10-12)9-15-13-4-2-1-3-11(13)5-7-17-15/h1-4,6,8,10,14-15H,5,7,9,16H2. The minimum absolute atomic E-state index is 0.0624. The fraction of sp³-hybridized carbons (Fsp3) is 0.333. The third kappa shape index (κ3) is 2.34. The summed E-state index contributed by atoms with van der Waals surface area (Å²) in [7, 11) is 0. The molecule has 2 unspecified atom stereocenters. The average Bonchev–Trinajstić information content (AvgIpc) is 2.93. The number of rotatable bonds is 3. The molecular formula is C15H17NOS. The SMILES string of the molecule is NC(CC1OCCc2ccccc21)c1ccsc1. The molecule has 0 bridgehead atoms. The van der Waals surface area contributed by atoms with Gasteiger partial charge in [0.2, 0.25) is 0 Å². The van der Waals surface area contributed by atoms with Crippen LogP contribution in [-0.2, 0) is 11.2 Å². The van der Waals surface area contributed by atoms with Gasteiger partial charge in [-0.15, -0.1) is 0 Å². The number of nitrogens with two attached hydrogens (primary N) is 1. The number of hydrogen-bond acceptors (Lipinski definition) is 3. The summed E-state index contributed by atoms with van der Waals surface area (Å²) in [4.78, 5) is 0. The Labute approximate surface area is 111 Å². The van der Waals surface area contributed by atoms with Crippen molar-refractivity contribution in [2.45, 2.75) is 25.0 Å². The molecular weight excluding hydrogens is 242 g/mol. The van der Waals surface area contributed by atoms with Crippen molar-refractivity contribution >= 4 is 11.3 Å². The summed E-state index contributed by atoms with van der Waals surface area (Å²) in [6.07, 6.45) is 2.01. The minimum Gasteiger partial charge on any atom is -0.373 e. The molecule has 3 rings (SSSR count). The van der Waals surface area contributed by atoms with E-state index < -0.39 is 0 Å². The molecule has 2 heterocycles. The van der Waals surface area contributed by atoms with E-state index in [2.05, 4.69) is 41.1 Å². The van der Waals surface area contributed by atoms with Gasteiger partial charge in [0, 0.05) is 6.04 Å². The van der Waals surface area contributed by atoms with E-state index in [0.717, 1.165) is 19.4 Å². The van der Waals surface area contributed by atoms with Gasteiger partial charge in [-0.2, -0.15) is 11.3 Å². The summed E-state index contributed by atoms with van der Waals surface area (Å²) in [6.45, 7) is 0.804. The fourth-order valence-corrected chi connectivity index (χ4v) is 3.25. The molecule has 0 saturated heterocycles. The van der Waals surface area contributed by atoms with Crippen LogP contribution in [0.3, 0.4) is 0 Å². The molecule has 2 aromatic rings. The van der Waals surface area contributed by atoms with Gasteiger partial charge in [-0.05, 0) is 46.4 Å². The molecule has 0 aliphatic carbocycles. The highest BCUT2D eigenvalue weighted by Crippen LogP contribution is 2.33. The van der Waals surface area contributed by atoms with Gasteiger partial charge in [0.15, 0.2) is 0 Å². The van der Waals surface area contributed by atoms with E-state index >= 15 is 0 Å². The van der Waals surface area contributed by atoms with Gasteiger partial charge < -0.3 is 10.5 Å². The highest BCUT2D eigenvalue weighted by atomic mass is 32.1. The summed E-state index contributed by atoms with van der Waals surface area (Å²) in [5.41, 5.74) is 10.2. The Hall–Kier alpha value is -1.16. The topological polar surface area (TPSA) is 35.2 Å². The molecule has 3 heteroatoms. The smallest absolute Gasteiger partial charge is 0.0845 e. The van der Waals surface area contributed by atoms with Gasteiger partial charge in [0.05, 0.1) is 12.7 Å². The molecule has 18 heavy (non-hydrogen) atoms. The first-order valence-corrected chi connectivity index (χ1v) is 7.26. The minimum atomic E-state index is 0.0624. The van der Waals surface area contributed by atoms with Crippen LogP contribution in [0.2, 0.25) is 0 Å². The Morgan fingerprint density at radius 2 is 2.22 bits per heavy atom. The van der Waals surface area contributed by atoms with E-state index in [1.54, 1.807) is 11.3 Å². The van der Waals surface area contributed by atoms with Crippen molar-refractivity contribution in [3.05, 3.63) is 57.8 Å². The zero-order valence-corrected chi connectivity index (χ0v) is 11.0. The van der Waals surface area contributed by atoms with Crippen molar-refractivity contribution in [2.75, 3.05) is 6.61 Å². The second-order valence-corrected chi connectivity index (χ2v) is 5.49. The van der Waals surface area contributed by atoms with E-state index in [9.17, 15) is 0 Å². The number of hydrogen-bond donors (Lipinski definition) is 1. The van der Waals surface area contributed by atoms with Crippen LogP contribution in [0.15, 0.2) is 41.1 Å². The molecule has 0 spiro atoms. The maximum Gasteiger partial charge on any atom is 0.0845 e. The van der Waals surface area contributed by atoms with Crippen molar-refractivity contribution in [1.29, 1.82) is 0 Å². The Kier molecular flexibility index (Phi) is 3.46. The normalized spacial score (nSPS) is 20.4. The Balaban J connectivity index is 1.78. The zero-order chi connectivity index (χ0) is 12.4.